The van der Waals surface area contributed by atoms with E-state index in [4.69, 9.17) is 10.1 Å². The maximum atomic E-state index is 10.6. The topological polar surface area (TPSA) is 118 Å². The fourth-order valence-corrected chi connectivity index (χ4v) is 3.13. The lowest BCUT2D eigenvalue weighted by atomic mass is 10.0. The molecule has 1 aromatic carbocycles. The van der Waals surface area contributed by atoms with Crippen LogP contribution in [0.15, 0.2) is 35.7 Å². The first-order valence-electron chi connectivity index (χ1n) is 9.33. The largest absolute Gasteiger partial charge is 0.495 e. The van der Waals surface area contributed by atoms with Crippen molar-refractivity contribution in [3.63, 3.8) is 0 Å². The van der Waals surface area contributed by atoms with Crippen molar-refractivity contribution >= 4 is 28.9 Å². The van der Waals surface area contributed by atoms with Crippen LogP contribution in [0.25, 0.3) is 0 Å². The molecule has 0 amide bonds. The van der Waals surface area contributed by atoms with E-state index in [1.807, 2.05) is 31.0 Å². The van der Waals surface area contributed by atoms with Gasteiger partial charge in [-0.3, -0.25) is 0 Å². The summed E-state index contributed by atoms with van der Waals surface area (Å²) in [7, 11) is 5.33. The summed E-state index contributed by atoms with van der Waals surface area (Å²) in [6.45, 7) is 3.20. The van der Waals surface area contributed by atoms with Crippen LogP contribution in [0.5, 0.6) is 5.75 Å². The number of aryl methyl sites for hydroxylation is 1. The Kier molecular flexibility index (Phi) is 6.18. The highest BCUT2D eigenvalue weighted by molar-refractivity contribution is 6.00. The number of aliphatic hydroxyl groups is 1. The first-order chi connectivity index (χ1) is 13.9. The van der Waals surface area contributed by atoms with Gasteiger partial charge in [-0.1, -0.05) is 0 Å². The second-order valence-electron chi connectivity index (χ2n) is 6.93. The number of ether oxygens (including phenoxy) is 1. The number of piperidine rings is 1. The minimum Gasteiger partial charge on any atom is -0.495 e. The lowest BCUT2D eigenvalue weighted by molar-refractivity contribution is 0.358. The number of hydrogen-bond donors (Lipinski definition) is 5. The molecule has 0 spiro atoms. The second kappa shape index (κ2) is 8.78. The number of anilines is 4. The molecule has 1 aliphatic heterocycles. The van der Waals surface area contributed by atoms with Crippen LogP contribution in [0, 0.1) is 12.3 Å². The van der Waals surface area contributed by atoms with E-state index in [1.165, 1.54) is 0 Å². The van der Waals surface area contributed by atoms with Gasteiger partial charge in [-0.25, -0.2) is 4.98 Å². The van der Waals surface area contributed by atoms with Gasteiger partial charge in [-0.2, -0.15) is 4.98 Å². The normalized spacial score (nSPS) is 16.3. The SMILES string of the molecule is CNc1cc(C)nc(Nc2ccc(OC)c(N/C(O)=C3/CCN(C)CC3=N)c2)n1. The average molecular weight is 397 g/mol. The molecule has 2 heterocycles. The van der Waals surface area contributed by atoms with Gasteiger partial charge in [0.1, 0.15) is 11.6 Å². The van der Waals surface area contributed by atoms with Crippen LogP contribution in [-0.2, 0) is 0 Å². The molecule has 1 aliphatic rings. The summed E-state index contributed by atoms with van der Waals surface area (Å²) >= 11 is 0. The van der Waals surface area contributed by atoms with Gasteiger partial charge in [0.05, 0.1) is 18.5 Å². The number of likely N-dealkylation sites (tertiary alicyclic amines) is 1. The fraction of sp³-hybridized carbons (Fsp3) is 0.350. The third-order valence-corrected chi connectivity index (χ3v) is 4.64. The summed E-state index contributed by atoms with van der Waals surface area (Å²) in [5.74, 6) is 1.73. The van der Waals surface area contributed by atoms with Crippen molar-refractivity contribution in [2.45, 2.75) is 13.3 Å². The number of nitrogens with one attached hydrogen (secondary N) is 4. The van der Waals surface area contributed by atoms with Crippen molar-refractivity contribution < 1.29 is 9.84 Å². The summed E-state index contributed by atoms with van der Waals surface area (Å²) in [6.07, 6.45) is 0.609. The maximum absolute atomic E-state index is 10.6. The highest BCUT2D eigenvalue weighted by Gasteiger charge is 2.20. The van der Waals surface area contributed by atoms with Gasteiger partial charge in [-0.15, -0.1) is 0 Å². The van der Waals surface area contributed by atoms with Gasteiger partial charge in [0.2, 0.25) is 5.95 Å². The number of aliphatic hydroxyl groups excluding tert-OH is 1. The van der Waals surface area contributed by atoms with E-state index in [9.17, 15) is 5.11 Å². The fourth-order valence-electron chi connectivity index (χ4n) is 3.13. The molecule has 29 heavy (non-hydrogen) atoms. The van der Waals surface area contributed by atoms with Crippen molar-refractivity contribution in [1.29, 1.82) is 5.41 Å². The summed E-state index contributed by atoms with van der Waals surface area (Å²) in [5, 5.41) is 27.9. The first-order valence-corrected chi connectivity index (χ1v) is 9.33. The molecule has 0 bridgehead atoms. The Labute approximate surface area is 170 Å². The van der Waals surface area contributed by atoms with Crippen molar-refractivity contribution in [2.24, 2.45) is 0 Å². The molecule has 0 atom stereocenters. The van der Waals surface area contributed by atoms with Gasteiger partial charge in [0.15, 0.2) is 5.88 Å². The van der Waals surface area contributed by atoms with E-state index in [0.717, 1.165) is 23.7 Å². The first kappa shape index (κ1) is 20.4. The predicted octanol–water partition coefficient (Wildman–Crippen LogP) is 3.12. The zero-order valence-corrected chi connectivity index (χ0v) is 17.1. The van der Waals surface area contributed by atoms with Crippen LogP contribution >= 0.6 is 0 Å². The van der Waals surface area contributed by atoms with E-state index >= 15 is 0 Å². The van der Waals surface area contributed by atoms with Crippen LogP contribution in [0.2, 0.25) is 0 Å². The number of nitrogens with zero attached hydrogens (tertiary/aromatic N) is 3. The summed E-state index contributed by atoms with van der Waals surface area (Å²) in [6, 6.07) is 7.29. The Morgan fingerprint density at radius 1 is 1.28 bits per heavy atom. The van der Waals surface area contributed by atoms with E-state index in [1.54, 1.807) is 26.3 Å². The van der Waals surface area contributed by atoms with Gasteiger partial charge in [0.25, 0.3) is 0 Å². The van der Waals surface area contributed by atoms with Crippen molar-refractivity contribution in [2.75, 3.05) is 50.2 Å². The standard InChI is InChI=1S/C20H27N7O2/c1-12-9-18(22-2)26-20(23-12)24-13-5-6-17(29-4)16(10-13)25-19(28)14-7-8-27(3)11-15(14)21/h5-6,9-10,21,25,28H,7-8,11H2,1-4H3,(H2,22,23,24,26)/b19-14+,21-15?. The Balaban J connectivity index is 1.86. The van der Waals surface area contributed by atoms with Crippen molar-refractivity contribution in [3.8, 4) is 5.75 Å². The second-order valence-corrected chi connectivity index (χ2v) is 6.93. The smallest absolute Gasteiger partial charge is 0.229 e. The zero-order chi connectivity index (χ0) is 21.0. The van der Waals surface area contributed by atoms with Gasteiger partial charge in [0, 0.05) is 43.2 Å². The Morgan fingerprint density at radius 3 is 2.76 bits per heavy atom. The lowest BCUT2D eigenvalue weighted by Crippen LogP contribution is -2.34. The molecule has 5 N–H and O–H groups in total. The van der Waals surface area contributed by atoms with Crippen LogP contribution in [0.3, 0.4) is 0 Å². The van der Waals surface area contributed by atoms with Crippen LogP contribution < -0.4 is 20.7 Å². The molecule has 1 fully saturated rings. The third-order valence-electron chi connectivity index (χ3n) is 4.64. The number of rotatable bonds is 6. The molecule has 0 aliphatic carbocycles. The Hall–Kier alpha value is -3.33. The molecule has 2 aromatic rings. The van der Waals surface area contributed by atoms with E-state index in [2.05, 4.69) is 25.9 Å². The van der Waals surface area contributed by atoms with E-state index in [-0.39, 0.29) is 5.88 Å². The van der Waals surface area contributed by atoms with Gasteiger partial charge < -0.3 is 36.1 Å². The highest BCUT2D eigenvalue weighted by atomic mass is 16.5. The van der Waals surface area contributed by atoms with Crippen molar-refractivity contribution in [1.82, 2.24) is 14.9 Å². The quantitative estimate of drug-likeness (QED) is 0.472. The highest BCUT2D eigenvalue weighted by Crippen LogP contribution is 2.31. The Bertz CT molecular complexity index is 942. The molecule has 0 unspecified atom stereocenters. The molecule has 9 heteroatoms. The number of methoxy groups -OCH3 is 1. The molecular formula is C20H27N7O2. The number of hydrogen-bond acceptors (Lipinski definition) is 9. The monoisotopic (exact) mass is 397 g/mol. The molecule has 3 rings (SSSR count). The summed E-state index contributed by atoms with van der Waals surface area (Å²) in [4.78, 5) is 10.8. The molecule has 0 radical (unpaired) electrons. The number of aromatic nitrogens is 2. The minimum absolute atomic E-state index is 0.0252. The minimum atomic E-state index is -0.0252. The average Bonchev–Trinajstić information content (AvgIpc) is 2.67. The van der Waals surface area contributed by atoms with Crippen LogP contribution in [0.1, 0.15) is 12.1 Å². The van der Waals surface area contributed by atoms with Crippen LogP contribution in [0.4, 0.5) is 23.1 Å². The summed E-state index contributed by atoms with van der Waals surface area (Å²) < 4.78 is 5.41. The lowest BCUT2D eigenvalue weighted by Gasteiger charge is -2.26. The van der Waals surface area contributed by atoms with E-state index < -0.39 is 0 Å². The molecule has 0 saturated carbocycles. The van der Waals surface area contributed by atoms with Crippen LogP contribution in [-0.4, -0.2) is 60.0 Å². The Morgan fingerprint density at radius 2 is 2.07 bits per heavy atom. The number of benzene rings is 1. The zero-order valence-electron chi connectivity index (χ0n) is 17.1. The molecule has 1 aromatic heterocycles. The van der Waals surface area contributed by atoms with Crippen molar-refractivity contribution in [3.05, 3.63) is 41.4 Å². The van der Waals surface area contributed by atoms with Gasteiger partial charge in [-0.05, 0) is 38.6 Å². The maximum Gasteiger partial charge on any atom is 0.229 e. The van der Waals surface area contributed by atoms with E-state index in [0.29, 0.717) is 41.6 Å². The van der Waals surface area contributed by atoms with Gasteiger partial charge >= 0.3 is 0 Å². The molecule has 9 nitrogen and oxygen atoms in total. The molecule has 154 valence electrons. The predicted molar refractivity (Wildman–Crippen MR) is 116 cm³/mol. The molecular weight excluding hydrogens is 370 g/mol. The summed E-state index contributed by atoms with van der Waals surface area (Å²) in [5.41, 5.74) is 3.17. The third kappa shape index (κ3) is 4.94. The molecule has 1 saturated heterocycles.